The van der Waals surface area contributed by atoms with Crippen molar-refractivity contribution in [3.63, 3.8) is 0 Å². The topological polar surface area (TPSA) is 94.8 Å². The number of carbonyl (C=O) groups excluding carboxylic acids is 2. The first-order valence-electron chi connectivity index (χ1n) is 8.41. The van der Waals surface area contributed by atoms with Gasteiger partial charge in [-0.1, -0.05) is 0 Å². The molecule has 26 heavy (non-hydrogen) atoms. The van der Waals surface area contributed by atoms with Crippen LogP contribution >= 0.6 is 0 Å². The molecule has 2 aromatic heterocycles. The number of nitrogens with zero attached hydrogens (tertiary/aromatic N) is 3. The average Bonchev–Trinajstić information content (AvgIpc) is 2.91. The Morgan fingerprint density at radius 3 is 2.54 bits per heavy atom. The molecule has 0 aromatic carbocycles. The summed E-state index contributed by atoms with van der Waals surface area (Å²) in [6, 6.07) is 1.10. The Labute approximate surface area is 152 Å². The normalized spacial score (nSPS) is 13.5. The number of amides is 1. The smallest absolute Gasteiger partial charge is 0.408 e. The molecule has 0 saturated heterocycles. The quantitative estimate of drug-likeness (QED) is 0.822. The van der Waals surface area contributed by atoms with Crippen LogP contribution < -0.4 is 5.32 Å². The summed E-state index contributed by atoms with van der Waals surface area (Å²) in [6.07, 6.45) is 3.30. The van der Waals surface area contributed by atoms with E-state index in [0.717, 1.165) is 0 Å². The van der Waals surface area contributed by atoms with Crippen LogP contribution in [0.15, 0.2) is 18.5 Å². The van der Waals surface area contributed by atoms with E-state index < -0.39 is 17.7 Å². The second-order valence-corrected chi connectivity index (χ2v) is 8.00. The van der Waals surface area contributed by atoms with Crippen molar-refractivity contribution < 1.29 is 19.1 Å². The Hall–Kier alpha value is -2.48. The Balaban J connectivity index is 2.27. The summed E-state index contributed by atoms with van der Waals surface area (Å²) >= 11 is 0. The average molecular weight is 362 g/mol. The summed E-state index contributed by atoms with van der Waals surface area (Å²) in [7, 11) is 0. The van der Waals surface area contributed by atoms with Gasteiger partial charge in [-0.2, -0.15) is 5.10 Å². The number of carbonyl (C=O) groups is 2. The molecule has 0 bridgehead atoms. The maximum atomic E-state index is 12.2. The Kier molecular flexibility index (Phi) is 5.65. The fraction of sp³-hybridized carbons (Fsp3) is 0.556. The van der Waals surface area contributed by atoms with E-state index in [4.69, 9.17) is 9.47 Å². The third-order valence-electron chi connectivity index (χ3n) is 3.23. The number of alkyl carbamates (subject to hydrolysis) is 1. The molecule has 0 aliphatic heterocycles. The highest BCUT2D eigenvalue weighted by Gasteiger charge is 2.24. The van der Waals surface area contributed by atoms with Gasteiger partial charge in [-0.25, -0.2) is 14.3 Å². The number of nitrogens with one attached hydrogen (secondary N) is 1. The molecule has 8 nitrogen and oxygen atoms in total. The molecular weight excluding hydrogens is 336 g/mol. The van der Waals surface area contributed by atoms with Gasteiger partial charge >= 0.3 is 6.09 Å². The third kappa shape index (κ3) is 5.80. The van der Waals surface area contributed by atoms with Gasteiger partial charge in [0.15, 0.2) is 11.9 Å². The van der Waals surface area contributed by atoms with Gasteiger partial charge in [0.25, 0.3) is 0 Å². The molecule has 1 N–H and O–H groups in total. The summed E-state index contributed by atoms with van der Waals surface area (Å²) in [5, 5.41) is 6.93. The third-order valence-corrected chi connectivity index (χ3v) is 3.23. The van der Waals surface area contributed by atoms with Crippen molar-refractivity contribution in [2.24, 2.45) is 0 Å². The lowest BCUT2D eigenvalue weighted by Gasteiger charge is -2.26. The lowest BCUT2D eigenvalue weighted by Crippen LogP contribution is -2.38. The van der Waals surface area contributed by atoms with Gasteiger partial charge < -0.3 is 14.8 Å². The first-order chi connectivity index (χ1) is 12.0. The summed E-state index contributed by atoms with van der Waals surface area (Å²) in [5.74, 6) is 0. The van der Waals surface area contributed by atoms with Crippen LogP contribution in [0.25, 0.3) is 5.65 Å². The highest BCUT2D eigenvalue weighted by molar-refractivity contribution is 5.76. The Morgan fingerprint density at radius 1 is 1.27 bits per heavy atom. The summed E-state index contributed by atoms with van der Waals surface area (Å²) in [5.41, 5.74) is 0.513. The van der Waals surface area contributed by atoms with E-state index in [2.05, 4.69) is 15.4 Å². The molecular formula is C18H26N4O4. The molecule has 2 heterocycles. The summed E-state index contributed by atoms with van der Waals surface area (Å²) < 4.78 is 12.7. The van der Waals surface area contributed by atoms with E-state index >= 15 is 0 Å². The van der Waals surface area contributed by atoms with Gasteiger partial charge in [0, 0.05) is 5.56 Å². The maximum absolute atomic E-state index is 12.2. The molecule has 0 radical (unpaired) electrons. The number of hydrogen-bond donors (Lipinski definition) is 1. The van der Waals surface area contributed by atoms with Gasteiger partial charge in [0.05, 0.1) is 36.3 Å². The van der Waals surface area contributed by atoms with Crippen LogP contribution in [0.1, 0.15) is 63.6 Å². The number of imidazole rings is 1. The number of fused-ring (bicyclic) bond motifs is 1. The standard InChI is InChI=1S/C18H26N4O4/c1-17(2,3)25-11-14(21-16(24)26-18(4,5)6)13-9-22-15(20-13)7-12(10-23)8-19-22/h7-10,14H,11H2,1-6H3,(H,21,24). The molecule has 0 spiro atoms. The van der Waals surface area contributed by atoms with Crippen molar-refractivity contribution in [1.29, 1.82) is 0 Å². The number of aldehydes is 1. The van der Waals surface area contributed by atoms with Crippen LogP contribution in [-0.2, 0) is 9.47 Å². The predicted octanol–water partition coefficient (Wildman–Crippen LogP) is 2.92. The fourth-order valence-electron chi connectivity index (χ4n) is 2.13. The van der Waals surface area contributed by atoms with Crippen LogP contribution in [0.4, 0.5) is 4.79 Å². The predicted molar refractivity (Wildman–Crippen MR) is 96.2 cm³/mol. The van der Waals surface area contributed by atoms with E-state index in [1.54, 1.807) is 37.5 Å². The Bertz CT molecular complexity index is 787. The van der Waals surface area contributed by atoms with Gasteiger partial charge in [-0.05, 0) is 47.6 Å². The van der Waals surface area contributed by atoms with E-state index in [1.807, 2.05) is 20.8 Å². The van der Waals surface area contributed by atoms with E-state index in [9.17, 15) is 9.59 Å². The highest BCUT2D eigenvalue weighted by Crippen LogP contribution is 2.18. The first kappa shape index (κ1) is 19.8. The molecule has 1 atom stereocenters. The van der Waals surface area contributed by atoms with E-state index in [1.165, 1.54) is 6.20 Å². The van der Waals surface area contributed by atoms with Gasteiger partial charge in [0.1, 0.15) is 5.60 Å². The van der Waals surface area contributed by atoms with Crippen LogP contribution in [0.5, 0.6) is 0 Å². The molecule has 1 unspecified atom stereocenters. The number of aromatic nitrogens is 3. The van der Waals surface area contributed by atoms with Crippen molar-refractivity contribution >= 4 is 18.0 Å². The zero-order chi connectivity index (χ0) is 19.5. The molecule has 0 aliphatic rings. The van der Waals surface area contributed by atoms with Crippen LogP contribution in [-0.4, -0.2) is 44.8 Å². The molecule has 2 rings (SSSR count). The van der Waals surface area contributed by atoms with Crippen LogP contribution in [0.2, 0.25) is 0 Å². The Morgan fingerprint density at radius 2 is 1.96 bits per heavy atom. The minimum Gasteiger partial charge on any atom is -0.444 e. The van der Waals surface area contributed by atoms with E-state index in [-0.39, 0.29) is 12.2 Å². The molecule has 0 fully saturated rings. The van der Waals surface area contributed by atoms with Crippen molar-refractivity contribution in [3.05, 3.63) is 29.7 Å². The summed E-state index contributed by atoms with van der Waals surface area (Å²) in [6.45, 7) is 11.4. The van der Waals surface area contributed by atoms with Crippen LogP contribution in [0.3, 0.4) is 0 Å². The molecule has 1 amide bonds. The van der Waals surface area contributed by atoms with Crippen molar-refractivity contribution in [2.75, 3.05) is 6.61 Å². The van der Waals surface area contributed by atoms with Crippen molar-refractivity contribution in [2.45, 2.75) is 58.8 Å². The minimum atomic E-state index is -0.612. The number of hydrogen-bond acceptors (Lipinski definition) is 6. The first-order valence-corrected chi connectivity index (χ1v) is 8.41. The molecule has 0 aliphatic carbocycles. The lowest BCUT2D eigenvalue weighted by molar-refractivity contribution is -0.0179. The van der Waals surface area contributed by atoms with Crippen LogP contribution in [0, 0.1) is 0 Å². The molecule has 8 heteroatoms. The zero-order valence-corrected chi connectivity index (χ0v) is 16.1. The second kappa shape index (κ2) is 7.41. The highest BCUT2D eigenvalue weighted by atomic mass is 16.6. The SMILES string of the molecule is CC(C)(C)OCC(NC(=O)OC(C)(C)C)c1cn2ncc(C=O)cc2n1. The largest absolute Gasteiger partial charge is 0.444 e. The molecule has 0 saturated carbocycles. The van der Waals surface area contributed by atoms with Crippen molar-refractivity contribution in [3.8, 4) is 0 Å². The molecule has 2 aromatic rings. The maximum Gasteiger partial charge on any atom is 0.408 e. The number of ether oxygens (including phenoxy) is 2. The second-order valence-electron chi connectivity index (χ2n) is 8.00. The zero-order valence-electron chi connectivity index (χ0n) is 16.1. The van der Waals surface area contributed by atoms with Gasteiger partial charge in [-0.15, -0.1) is 0 Å². The fourth-order valence-corrected chi connectivity index (χ4v) is 2.13. The lowest BCUT2D eigenvalue weighted by atomic mass is 10.2. The van der Waals surface area contributed by atoms with Gasteiger partial charge in [-0.3, -0.25) is 4.79 Å². The minimum absolute atomic E-state index is 0.215. The molecule has 142 valence electrons. The monoisotopic (exact) mass is 362 g/mol. The van der Waals surface area contributed by atoms with Crippen molar-refractivity contribution in [1.82, 2.24) is 19.9 Å². The van der Waals surface area contributed by atoms with E-state index in [0.29, 0.717) is 23.2 Å². The number of rotatable bonds is 5. The van der Waals surface area contributed by atoms with Gasteiger partial charge in [0.2, 0.25) is 0 Å². The summed E-state index contributed by atoms with van der Waals surface area (Å²) in [4.78, 5) is 27.6.